The average molecular weight is 562 g/mol. The van der Waals surface area contributed by atoms with Crippen LogP contribution in [0.3, 0.4) is 0 Å². The molecule has 0 amide bonds. The molecular formula is C32H39N3O4S. The summed E-state index contributed by atoms with van der Waals surface area (Å²) in [6, 6.07) is 20.6. The van der Waals surface area contributed by atoms with E-state index in [1.165, 1.54) is 11.8 Å². The van der Waals surface area contributed by atoms with Crippen LogP contribution in [0.15, 0.2) is 59.6 Å². The number of methoxy groups -OCH3 is 1. The topological polar surface area (TPSA) is 86.4 Å². The van der Waals surface area contributed by atoms with Crippen molar-refractivity contribution in [3.05, 3.63) is 54.6 Å². The first-order chi connectivity index (χ1) is 19.3. The van der Waals surface area contributed by atoms with Crippen molar-refractivity contribution in [2.24, 2.45) is 11.8 Å². The highest BCUT2D eigenvalue weighted by Crippen LogP contribution is 2.41. The smallest absolute Gasteiger partial charge is 0.332 e. The first kappa shape index (κ1) is 29.7. The van der Waals surface area contributed by atoms with E-state index in [4.69, 9.17) is 19.3 Å². The zero-order valence-corrected chi connectivity index (χ0v) is 24.7. The van der Waals surface area contributed by atoms with Gasteiger partial charge in [0, 0.05) is 17.7 Å². The van der Waals surface area contributed by atoms with Crippen molar-refractivity contribution in [3.63, 3.8) is 0 Å². The number of aromatic nitrogens is 2. The Kier molecular flexibility index (Phi) is 10.3. The fraction of sp³-hybridized carbons (Fsp3) is 0.469. The summed E-state index contributed by atoms with van der Waals surface area (Å²) in [7, 11) is 1.67. The third-order valence-electron chi connectivity index (χ3n) is 6.98. The van der Waals surface area contributed by atoms with Crippen LogP contribution in [0.5, 0.6) is 5.75 Å². The van der Waals surface area contributed by atoms with Gasteiger partial charge in [-0.15, -0.1) is 0 Å². The summed E-state index contributed by atoms with van der Waals surface area (Å²) in [5.74, 6) is 1.73. The summed E-state index contributed by atoms with van der Waals surface area (Å²) in [5.41, 5.74) is 3.52. The Morgan fingerprint density at radius 2 is 1.75 bits per heavy atom. The highest BCUT2D eigenvalue weighted by atomic mass is 32.2. The van der Waals surface area contributed by atoms with E-state index in [-0.39, 0.29) is 12.6 Å². The van der Waals surface area contributed by atoms with Gasteiger partial charge in [0.2, 0.25) is 0 Å². The Balaban J connectivity index is 1.50. The minimum Gasteiger partial charge on any atom is -0.497 e. The number of esters is 1. The Bertz CT molecular complexity index is 1300. The molecule has 40 heavy (non-hydrogen) atoms. The van der Waals surface area contributed by atoms with E-state index < -0.39 is 5.60 Å². The van der Waals surface area contributed by atoms with E-state index in [1.807, 2.05) is 57.2 Å². The lowest BCUT2D eigenvalue weighted by molar-refractivity contribution is -0.160. The van der Waals surface area contributed by atoms with Gasteiger partial charge in [0.1, 0.15) is 28.7 Å². The minimum absolute atomic E-state index is 0.000721. The van der Waals surface area contributed by atoms with E-state index in [9.17, 15) is 10.1 Å². The maximum Gasteiger partial charge on any atom is 0.332 e. The van der Waals surface area contributed by atoms with Gasteiger partial charge in [0.05, 0.1) is 25.5 Å². The Hall–Kier alpha value is -3.28. The number of hydrogen-bond acceptors (Lipinski definition) is 7. The molecule has 1 aliphatic carbocycles. The van der Waals surface area contributed by atoms with Crippen molar-refractivity contribution in [1.82, 2.24) is 9.78 Å². The maximum absolute atomic E-state index is 11.9. The summed E-state index contributed by atoms with van der Waals surface area (Å²) in [6.07, 6.45) is 4.24. The second-order valence-electron chi connectivity index (χ2n) is 11.2. The van der Waals surface area contributed by atoms with Crippen molar-refractivity contribution < 1.29 is 19.0 Å². The summed E-state index contributed by atoms with van der Waals surface area (Å²) in [6.45, 7) is 6.95. The molecule has 1 fully saturated rings. The van der Waals surface area contributed by atoms with E-state index >= 15 is 0 Å². The van der Waals surface area contributed by atoms with Crippen molar-refractivity contribution in [3.8, 4) is 34.2 Å². The Labute approximate surface area is 241 Å². The van der Waals surface area contributed by atoms with Crippen molar-refractivity contribution in [1.29, 1.82) is 5.26 Å². The predicted molar refractivity (Wildman–Crippen MR) is 158 cm³/mol. The fourth-order valence-corrected chi connectivity index (χ4v) is 5.98. The molecule has 0 saturated heterocycles. The predicted octanol–water partition coefficient (Wildman–Crippen LogP) is 7.01. The van der Waals surface area contributed by atoms with Gasteiger partial charge in [-0.3, -0.25) is 4.68 Å². The molecule has 0 radical (unpaired) electrons. The zero-order valence-electron chi connectivity index (χ0n) is 23.9. The van der Waals surface area contributed by atoms with Crippen LogP contribution in [0, 0.1) is 23.2 Å². The molecule has 0 bridgehead atoms. The third kappa shape index (κ3) is 8.12. The molecule has 1 heterocycles. The van der Waals surface area contributed by atoms with Crippen LogP contribution >= 0.6 is 11.8 Å². The number of nitriles is 1. The van der Waals surface area contributed by atoms with Gasteiger partial charge < -0.3 is 14.2 Å². The molecule has 0 atom stereocenters. The van der Waals surface area contributed by atoms with Crippen LogP contribution in [-0.2, 0) is 20.8 Å². The van der Waals surface area contributed by atoms with Crippen LogP contribution in [-0.4, -0.2) is 47.4 Å². The number of ether oxygens (including phenoxy) is 3. The van der Waals surface area contributed by atoms with Crippen LogP contribution in [0.2, 0.25) is 0 Å². The molecule has 1 aliphatic rings. The van der Waals surface area contributed by atoms with E-state index in [0.29, 0.717) is 24.2 Å². The zero-order chi connectivity index (χ0) is 28.5. The number of nitrogens with zero attached hydrogens (tertiary/aromatic N) is 3. The normalized spacial score (nSPS) is 17.3. The Morgan fingerprint density at radius 3 is 2.42 bits per heavy atom. The van der Waals surface area contributed by atoms with Crippen LogP contribution in [0.4, 0.5) is 0 Å². The van der Waals surface area contributed by atoms with E-state index in [1.54, 1.807) is 7.11 Å². The summed E-state index contributed by atoms with van der Waals surface area (Å²) < 4.78 is 18.7. The van der Waals surface area contributed by atoms with Crippen molar-refractivity contribution in [2.45, 2.75) is 63.6 Å². The number of carbonyl (C=O) groups is 1. The number of hydrogen-bond donors (Lipinski definition) is 0. The second-order valence-corrected chi connectivity index (χ2v) is 12.2. The summed E-state index contributed by atoms with van der Waals surface area (Å²) in [4.78, 5) is 11.9. The second kappa shape index (κ2) is 13.9. The first-order valence-electron chi connectivity index (χ1n) is 13.9. The lowest BCUT2D eigenvalue weighted by Gasteiger charge is -2.28. The summed E-state index contributed by atoms with van der Waals surface area (Å²) >= 11 is 1.54. The van der Waals surface area contributed by atoms with E-state index in [2.05, 4.69) is 29.0 Å². The van der Waals surface area contributed by atoms with Crippen LogP contribution in [0.25, 0.3) is 22.4 Å². The largest absolute Gasteiger partial charge is 0.497 e. The molecule has 1 saturated carbocycles. The molecule has 3 aromatic rings. The van der Waals surface area contributed by atoms with Crippen molar-refractivity contribution in [2.75, 3.05) is 26.1 Å². The van der Waals surface area contributed by atoms with Crippen LogP contribution in [0.1, 0.15) is 46.5 Å². The van der Waals surface area contributed by atoms with Crippen LogP contribution < -0.4 is 4.74 Å². The lowest BCUT2D eigenvalue weighted by atomic mass is 9.82. The molecule has 1 aromatic heterocycles. The number of carbonyl (C=O) groups excluding carboxylic acids is 1. The molecule has 4 rings (SSSR count). The van der Waals surface area contributed by atoms with Gasteiger partial charge >= 0.3 is 5.97 Å². The molecule has 8 heteroatoms. The standard InChI is InChI=1S/C32H39N3O4S/c1-32(2,3)39-28(36)22-38-21-24-15-13-23(14-16-24)20-35-31(40-18-17-33)29(26-11-8-12-27(19-26)37-4)30(34-35)25-9-6-5-7-10-25/h5-12,19,23-24H,13-16,18,20-22H2,1-4H3. The fourth-order valence-electron chi connectivity index (χ4n) is 5.16. The highest BCUT2D eigenvalue weighted by Gasteiger charge is 2.27. The number of benzene rings is 2. The monoisotopic (exact) mass is 561 g/mol. The Morgan fingerprint density at radius 1 is 1.05 bits per heavy atom. The van der Waals surface area contributed by atoms with Gasteiger partial charge in [-0.2, -0.15) is 10.4 Å². The SMILES string of the molecule is COc1cccc(-c2c(-c3ccccc3)nn(CC3CCC(COCC(=O)OC(C)(C)C)CC3)c2SCC#N)c1. The number of rotatable bonds is 11. The van der Waals surface area contributed by atoms with Gasteiger partial charge in [-0.1, -0.05) is 54.2 Å². The molecule has 0 unspecified atom stereocenters. The molecular weight excluding hydrogens is 522 g/mol. The average Bonchev–Trinajstić information content (AvgIpc) is 3.30. The van der Waals surface area contributed by atoms with Crippen molar-refractivity contribution >= 4 is 17.7 Å². The first-order valence-corrected chi connectivity index (χ1v) is 14.9. The van der Waals surface area contributed by atoms with Gasteiger partial charge in [-0.25, -0.2) is 4.79 Å². The quantitative estimate of drug-likeness (QED) is 0.184. The molecule has 212 valence electrons. The highest BCUT2D eigenvalue weighted by molar-refractivity contribution is 7.99. The van der Waals surface area contributed by atoms with Gasteiger partial charge in [0.25, 0.3) is 0 Å². The minimum atomic E-state index is -0.498. The maximum atomic E-state index is 11.9. The lowest BCUT2D eigenvalue weighted by Crippen LogP contribution is -2.28. The van der Waals surface area contributed by atoms with Gasteiger partial charge in [0.15, 0.2) is 0 Å². The molecule has 0 aliphatic heterocycles. The summed E-state index contributed by atoms with van der Waals surface area (Å²) in [5, 5.41) is 15.6. The van der Waals surface area contributed by atoms with E-state index in [0.717, 1.165) is 65.4 Å². The van der Waals surface area contributed by atoms with Gasteiger partial charge in [-0.05, 0) is 76.0 Å². The third-order valence-corrected chi connectivity index (χ3v) is 7.94. The molecule has 0 N–H and O–H groups in total. The molecule has 7 nitrogen and oxygen atoms in total. The molecule has 2 aromatic carbocycles. The number of thioether (sulfide) groups is 1. The molecule has 0 spiro atoms.